The van der Waals surface area contributed by atoms with E-state index in [1.54, 1.807) is 19.1 Å². The molecule has 3 aromatic rings. The minimum atomic E-state index is -0.525. The molecule has 0 radical (unpaired) electrons. The number of nitrogens with zero attached hydrogens (tertiary/aromatic N) is 2. The van der Waals surface area contributed by atoms with E-state index in [4.69, 9.17) is 0 Å². The number of benzene rings is 2. The Kier molecular flexibility index (Phi) is 5.27. The number of unbranched alkanes of at least 4 members (excludes halogenated alkanes) is 1. The predicted octanol–water partition coefficient (Wildman–Crippen LogP) is 5.11. The molecule has 1 N–H and O–H groups in total. The average Bonchev–Trinajstić information content (AvgIpc) is 3.00. The maximum atomic E-state index is 12.5. The minimum absolute atomic E-state index is 0.0397. The van der Waals surface area contributed by atoms with Crippen LogP contribution in [0.3, 0.4) is 0 Å². The number of rotatable bonds is 6. The lowest BCUT2D eigenvalue weighted by atomic mass is 10.1. The number of nitrogens with one attached hydrogen (secondary N) is 1. The molecule has 0 saturated carbocycles. The molecule has 1 aromatic heterocycles. The molecular weight excluding hydrogens is 350 g/mol. The first kappa shape index (κ1) is 18.0. The third-order valence-electron chi connectivity index (χ3n) is 4.16. The fraction of sp³-hybridized carbons (Fsp3) is 0.263. The first-order valence-corrected chi connectivity index (χ1v) is 9.26. The van der Waals surface area contributed by atoms with Crippen LogP contribution in [-0.2, 0) is 6.42 Å². The Hall–Kier alpha value is -2.80. The number of aromatic nitrogens is 1. The lowest BCUT2D eigenvalue weighted by Gasteiger charge is -2.04. The molecule has 134 valence electrons. The zero-order valence-electron chi connectivity index (χ0n) is 14.6. The van der Waals surface area contributed by atoms with Crippen molar-refractivity contribution in [3.63, 3.8) is 0 Å². The number of nitro groups is 1. The van der Waals surface area contributed by atoms with Crippen molar-refractivity contribution < 1.29 is 9.72 Å². The summed E-state index contributed by atoms with van der Waals surface area (Å²) >= 11 is 1.37. The van der Waals surface area contributed by atoms with Crippen molar-refractivity contribution in [3.05, 3.63) is 63.2 Å². The molecule has 3 rings (SSSR count). The largest absolute Gasteiger partial charge is 0.298 e. The molecule has 1 heterocycles. The number of fused-ring (bicyclic) bond motifs is 1. The van der Waals surface area contributed by atoms with Crippen LogP contribution in [0, 0.1) is 17.0 Å². The fourth-order valence-corrected chi connectivity index (χ4v) is 3.73. The van der Waals surface area contributed by atoms with Gasteiger partial charge in [0.25, 0.3) is 11.6 Å². The number of para-hydroxylation sites is 1. The van der Waals surface area contributed by atoms with Crippen LogP contribution in [0.15, 0.2) is 36.4 Å². The molecule has 0 spiro atoms. The molecule has 0 unspecified atom stereocenters. The van der Waals surface area contributed by atoms with E-state index in [2.05, 4.69) is 29.4 Å². The van der Waals surface area contributed by atoms with Gasteiger partial charge in [-0.1, -0.05) is 42.9 Å². The zero-order valence-corrected chi connectivity index (χ0v) is 15.4. The van der Waals surface area contributed by atoms with Crippen molar-refractivity contribution in [3.8, 4) is 0 Å². The summed E-state index contributed by atoms with van der Waals surface area (Å²) in [4.78, 5) is 27.7. The van der Waals surface area contributed by atoms with Crippen molar-refractivity contribution in [2.24, 2.45) is 0 Å². The molecule has 0 atom stereocenters. The van der Waals surface area contributed by atoms with E-state index < -0.39 is 10.8 Å². The smallest absolute Gasteiger partial charge is 0.285 e. The molecule has 0 bridgehead atoms. The molecule has 0 aliphatic heterocycles. The highest BCUT2D eigenvalue weighted by Gasteiger charge is 2.23. The van der Waals surface area contributed by atoms with Crippen LogP contribution in [0.2, 0.25) is 0 Å². The second-order valence-electron chi connectivity index (χ2n) is 6.11. The summed E-state index contributed by atoms with van der Waals surface area (Å²) in [5, 5.41) is 14.4. The van der Waals surface area contributed by atoms with Gasteiger partial charge in [0.1, 0.15) is 5.56 Å². The molecule has 0 saturated heterocycles. The maximum absolute atomic E-state index is 12.5. The van der Waals surface area contributed by atoms with E-state index in [1.165, 1.54) is 23.0 Å². The van der Waals surface area contributed by atoms with Crippen molar-refractivity contribution in [2.75, 3.05) is 5.32 Å². The van der Waals surface area contributed by atoms with Gasteiger partial charge in [-0.3, -0.25) is 20.2 Å². The number of aryl methyl sites for hydroxylation is 2. The Labute approximate surface area is 155 Å². The molecule has 0 aliphatic carbocycles. The van der Waals surface area contributed by atoms with Crippen LogP contribution in [0.1, 0.15) is 41.3 Å². The van der Waals surface area contributed by atoms with Gasteiger partial charge in [-0.25, -0.2) is 4.98 Å². The number of nitro benzene ring substituents is 1. The quantitative estimate of drug-likeness (QED) is 0.483. The summed E-state index contributed by atoms with van der Waals surface area (Å²) < 4.78 is 0.993. The van der Waals surface area contributed by atoms with Crippen LogP contribution in [0.5, 0.6) is 0 Å². The third-order valence-corrected chi connectivity index (χ3v) is 5.09. The molecule has 2 aromatic carbocycles. The number of hydrogen-bond donors (Lipinski definition) is 1. The molecule has 7 heteroatoms. The van der Waals surface area contributed by atoms with Crippen molar-refractivity contribution in [1.82, 2.24) is 4.98 Å². The first-order valence-electron chi connectivity index (χ1n) is 8.44. The predicted molar refractivity (Wildman–Crippen MR) is 104 cm³/mol. The van der Waals surface area contributed by atoms with E-state index in [0.29, 0.717) is 10.7 Å². The number of hydrogen-bond acceptors (Lipinski definition) is 5. The van der Waals surface area contributed by atoms with Crippen LogP contribution in [0.4, 0.5) is 10.8 Å². The molecule has 0 fully saturated rings. The van der Waals surface area contributed by atoms with Gasteiger partial charge in [0.05, 0.1) is 15.1 Å². The van der Waals surface area contributed by atoms with Crippen molar-refractivity contribution >= 4 is 38.3 Å². The van der Waals surface area contributed by atoms with Crippen LogP contribution >= 0.6 is 11.3 Å². The van der Waals surface area contributed by atoms with Gasteiger partial charge in [0.2, 0.25) is 0 Å². The summed E-state index contributed by atoms with van der Waals surface area (Å²) in [6.07, 6.45) is 3.28. The normalized spacial score (nSPS) is 10.8. The SMILES string of the molecule is CCCCc1ccc2nc(NC(=O)c3cccc(C)c3[N+](=O)[O-])sc2c1. The number of anilines is 1. The van der Waals surface area contributed by atoms with E-state index in [9.17, 15) is 14.9 Å². The van der Waals surface area contributed by atoms with Crippen LogP contribution < -0.4 is 5.32 Å². The molecule has 26 heavy (non-hydrogen) atoms. The molecular formula is C19H19N3O3S. The summed E-state index contributed by atoms with van der Waals surface area (Å²) in [7, 11) is 0. The average molecular weight is 369 g/mol. The van der Waals surface area contributed by atoms with Gasteiger partial charge in [-0.15, -0.1) is 0 Å². The topological polar surface area (TPSA) is 85.1 Å². The van der Waals surface area contributed by atoms with Gasteiger partial charge in [0, 0.05) is 5.56 Å². The van der Waals surface area contributed by atoms with E-state index >= 15 is 0 Å². The second kappa shape index (κ2) is 7.61. The lowest BCUT2D eigenvalue weighted by molar-refractivity contribution is -0.385. The van der Waals surface area contributed by atoms with Gasteiger partial charge in [0.15, 0.2) is 5.13 Å². The fourth-order valence-electron chi connectivity index (χ4n) is 2.81. The zero-order chi connectivity index (χ0) is 18.7. The highest BCUT2D eigenvalue weighted by atomic mass is 32.1. The number of carbonyl (C=O) groups excluding carboxylic acids is 1. The Morgan fingerprint density at radius 3 is 2.85 bits per heavy atom. The summed E-state index contributed by atoms with van der Waals surface area (Å²) in [5.41, 5.74) is 2.37. The first-order chi connectivity index (χ1) is 12.5. The van der Waals surface area contributed by atoms with Crippen molar-refractivity contribution in [1.29, 1.82) is 0 Å². The number of carbonyl (C=O) groups is 1. The van der Waals surface area contributed by atoms with Gasteiger partial charge in [-0.2, -0.15) is 0 Å². The maximum Gasteiger partial charge on any atom is 0.285 e. The summed E-state index contributed by atoms with van der Waals surface area (Å²) in [6.45, 7) is 3.77. The van der Waals surface area contributed by atoms with Crippen LogP contribution in [-0.4, -0.2) is 15.8 Å². The monoisotopic (exact) mass is 369 g/mol. The van der Waals surface area contributed by atoms with Crippen LogP contribution in [0.25, 0.3) is 10.2 Å². The lowest BCUT2D eigenvalue weighted by Crippen LogP contribution is -2.14. The van der Waals surface area contributed by atoms with Gasteiger partial charge >= 0.3 is 0 Å². The standard InChI is InChI=1S/C19H19N3O3S/c1-3-4-7-13-9-10-15-16(11-13)26-19(20-15)21-18(23)14-8-5-6-12(2)17(14)22(24)25/h5-6,8-11H,3-4,7H2,1-2H3,(H,20,21,23). The third kappa shape index (κ3) is 3.72. The number of thiazole rings is 1. The summed E-state index contributed by atoms with van der Waals surface area (Å²) in [6, 6.07) is 10.8. The Morgan fingerprint density at radius 1 is 1.31 bits per heavy atom. The minimum Gasteiger partial charge on any atom is -0.298 e. The Balaban J connectivity index is 1.86. The van der Waals surface area contributed by atoms with E-state index in [0.717, 1.165) is 29.5 Å². The van der Waals surface area contributed by atoms with E-state index in [1.807, 2.05) is 6.07 Å². The molecule has 6 nitrogen and oxygen atoms in total. The second-order valence-corrected chi connectivity index (χ2v) is 7.14. The summed E-state index contributed by atoms with van der Waals surface area (Å²) in [5.74, 6) is -0.523. The highest BCUT2D eigenvalue weighted by Crippen LogP contribution is 2.29. The van der Waals surface area contributed by atoms with Crippen molar-refractivity contribution in [2.45, 2.75) is 33.1 Å². The molecule has 1 amide bonds. The Morgan fingerprint density at radius 2 is 2.12 bits per heavy atom. The van der Waals surface area contributed by atoms with E-state index in [-0.39, 0.29) is 11.3 Å². The highest BCUT2D eigenvalue weighted by molar-refractivity contribution is 7.22. The molecule has 0 aliphatic rings. The van der Waals surface area contributed by atoms with Gasteiger partial charge < -0.3 is 0 Å². The Bertz CT molecular complexity index is 981. The van der Waals surface area contributed by atoms with Gasteiger partial charge in [-0.05, 0) is 43.5 Å². The number of amides is 1.